The summed E-state index contributed by atoms with van der Waals surface area (Å²) in [6, 6.07) is 37.7. The van der Waals surface area contributed by atoms with Gasteiger partial charge in [0.1, 0.15) is 28.5 Å². The molecule has 0 bridgehead atoms. The van der Waals surface area contributed by atoms with Crippen LogP contribution in [0.2, 0.25) is 0 Å². The van der Waals surface area contributed by atoms with E-state index in [1.165, 1.54) is 27.8 Å². The summed E-state index contributed by atoms with van der Waals surface area (Å²) in [5.74, 6) is 2.31. The monoisotopic (exact) mass is 666 g/mol. The van der Waals surface area contributed by atoms with Gasteiger partial charge in [0, 0.05) is 46.2 Å². The molecule has 5 aromatic carbocycles. The average Bonchev–Trinajstić information content (AvgIpc) is 3.82. The summed E-state index contributed by atoms with van der Waals surface area (Å²) in [5, 5.41) is 9.38. The number of para-hydroxylation sites is 1. The molecule has 51 heavy (non-hydrogen) atoms. The van der Waals surface area contributed by atoms with E-state index in [1.807, 2.05) is 59.5 Å². The van der Waals surface area contributed by atoms with Crippen LogP contribution < -0.4 is 4.74 Å². The smallest absolute Gasteiger partial charge is 0.137 e. The van der Waals surface area contributed by atoms with E-state index in [9.17, 15) is 0 Å². The molecule has 9 aromatic rings. The molecule has 0 aliphatic rings. The van der Waals surface area contributed by atoms with Crippen LogP contribution in [0.1, 0.15) is 43.0 Å². The summed E-state index contributed by atoms with van der Waals surface area (Å²) < 4.78 is 17.1. The van der Waals surface area contributed by atoms with Gasteiger partial charge in [-0.1, -0.05) is 62.7 Å². The maximum atomic E-state index is 6.61. The van der Waals surface area contributed by atoms with Gasteiger partial charge in [-0.3, -0.25) is 4.57 Å². The third-order valence-electron chi connectivity index (χ3n) is 9.92. The minimum Gasteiger partial charge on any atom is -0.457 e. The van der Waals surface area contributed by atoms with Gasteiger partial charge in [0.2, 0.25) is 0 Å². The van der Waals surface area contributed by atoms with Gasteiger partial charge in [0.15, 0.2) is 0 Å². The highest BCUT2D eigenvalue weighted by Gasteiger charge is 2.22. The molecule has 0 atom stereocenters. The molecule has 0 saturated heterocycles. The van der Waals surface area contributed by atoms with Gasteiger partial charge in [-0.2, -0.15) is 5.10 Å². The van der Waals surface area contributed by atoms with Crippen molar-refractivity contribution in [2.24, 2.45) is 0 Å². The third kappa shape index (κ3) is 5.18. The molecule has 6 nitrogen and oxygen atoms in total. The highest BCUT2D eigenvalue weighted by Crippen LogP contribution is 2.42. The summed E-state index contributed by atoms with van der Waals surface area (Å²) in [7, 11) is 0. The van der Waals surface area contributed by atoms with Crippen molar-refractivity contribution in [2.75, 3.05) is 0 Å². The van der Waals surface area contributed by atoms with Crippen molar-refractivity contribution in [3.63, 3.8) is 0 Å². The predicted octanol–water partition coefficient (Wildman–Crippen LogP) is 11.9. The minimum absolute atomic E-state index is 0.0411. The number of fused-ring (bicyclic) bond motifs is 7. The van der Waals surface area contributed by atoms with E-state index < -0.39 is 0 Å². The maximum Gasteiger partial charge on any atom is 0.137 e. The SMILES string of the molecule is Cc1cc(C)c(-c2ccn(-c3cccc(Oc4ccc5c6ccc7oc8ccccc8c7c6n(-c6cc(C(C)(C)C)ccn6)c5c4)c3)n2)c(C)c1. The van der Waals surface area contributed by atoms with Gasteiger partial charge >= 0.3 is 0 Å². The Morgan fingerprint density at radius 1 is 0.686 bits per heavy atom. The normalized spacial score (nSPS) is 12.1. The van der Waals surface area contributed by atoms with Crippen LogP contribution in [-0.2, 0) is 5.41 Å². The third-order valence-corrected chi connectivity index (χ3v) is 9.92. The summed E-state index contributed by atoms with van der Waals surface area (Å²) in [6.45, 7) is 13.1. The molecule has 9 rings (SSSR count). The largest absolute Gasteiger partial charge is 0.457 e. The van der Waals surface area contributed by atoms with Crippen LogP contribution in [0.5, 0.6) is 11.5 Å². The predicted molar refractivity (Wildman–Crippen MR) is 208 cm³/mol. The lowest BCUT2D eigenvalue weighted by atomic mass is 9.88. The Morgan fingerprint density at radius 2 is 1.47 bits per heavy atom. The molecule has 0 spiro atoms. The van der Waals surface area contributed by atoms with E-state index >= 15 is 0 Å². The van der Waals surface area contributed by atoms with Crippen LogP contribution in [0.15, 0.2) is 126 Å². The second kappa shape index (κ2) is 11.5. The van der Waals surface area contributed by atoms with E-state index in [4.69, 9.17) is 19.2 Å². The molecule has 0 N–H and O–H groups in total. The fraction of sp³-hybridized carbons (Fsp3) is 0.156. The number of aryl methyl sites for hydroxylation is 3. The average molecular weight is 667 g/mol. The standard InChI is InChI=1S/C45H38N4O2/c1-27-22-28(2)42(29(3)23-27)37-19-21-48(47-37)31-10-9-11-32(25-31)50-33-14-15-34-35-16-17-40-43(36-12-7-8-13-39(36)51-40)44(35)49(38(34)26-33)41-24-30(18-20-46-41)45(4,5)6/h7-26H,1-6H3. The van der Waals surface area contributed by atoms with Crippen LogP contribution in [0.25, 0.3) is 66.5 Å². The zero-order valence-electron chi connectivity index (χ0n) is 29.7. The molecule has 0 saturated carbocycles. The number of benzene rings is 5. The highest BCUT2D eigenvalue weighted by molar-refractivity contribution is 6.24. The lowest BCUT2D eigenvalue weighted by Crippen LogP contribution is -2.12. The fourth-order valence-corrected chi connectivity index (χ4v) is 7.61. The highest BCUT2D eigenvalue weighted by atomic mass is 16.5. The zero-order chi connectivity index (χ0) is 35.0. The number of ether oxygens (including phenoxy) is 1. The van der Waals surface area contributed by atoms with Gasteiger partial charge in [-0.15, -0.1) is 0 Å². The molecule has 4 aromatic heterocycles. The Kier molecular flexibility index (Phi) is 6.94. The van der Waals surface area contributed by atoms with E-state index in [0.717, 1.165) is 72.4 Å². The van der Waals surface area contributed by atoms with Crippen LogP contribution in [-0.4, -0.2) is 19.3 Å². The Bertz CT molecular complexity index is 2790. The van der Waals surface area contributed by atoms with Crippen LogP contribution in [0, 0.1) is 20.8 Å². The first-order valence-corrected chi connectivity index (χ1v) is 17.4. The first kappa shape index (κ1) is 30.9. The first-order valence-electron chi connectivity index (χ1n) is 17.4. The molecule has 0 fully saturated rings. The van der Waals surface area contributed by atoms with Gasteiger partial charge in [0.05, 0.1) is 27.8 Å². The maximum absolute atomic E-state index is 6.61. The van der Waals surface area contributed by atoms with E-state index in [-0.39, 0.29) is 5.41 Å². The van der Waals surface area contributed by atoms with Gasteiger partial charge in [0.25, 0.3) is 0 Å². The summed E-state index contributed by atoms with van der Waals surface area (Å²) in [4.78, 5) is 4.95. The number of hydrogen-bond acceptors (Lipinski definition) is 4. The number of nitrogens with zero attached hydrogens (tertiary/aromatic N) is 4. The van der Waals surface area contributed by atoms with Crippen molar-refractivity contribution in [3.05, 3.63) is 144 Å². The lowest BCUT2D eigenvalue weighted by molar-refractivity contribution is 0.483. The lowest BCUT2D eigenvalue weighted by Gasteiger charge is -2.20. The van der Waals surface area contributed by atoms with Crippen molar-refractivity contribution in [1.29, 1.82) is 0 Å². The first-order chi connectivity index (χ1) is 24.6. The van der Waals surface area contributed by atoms with Crippen molar-refractivity contribution >= 4 is 43.7 Å². The van der Waals surface area contributed by atoms with Crippen LogP contribution in [0.4, 0.5) is 0 Å². The van der Waals surface area contributed by atoms with Crippen molar-refractivity contribution in [1.82, 2.24) is 19.3 Å². The molecule has 0 unspecified atom stereocenters. The summed E-state index contributed by atoms with van der Waals surface area (Å²) in [6.07, 6.45) is 3.92. The number of pyridine rings is 1. The molecule has 4 heterocycles. The van der Waals surface area contributed by atoms with E-state index in [0.29, 0.717) is 0 Å². The Hall–Kier alpha value is -6.14. The molecular formula is C45H38N4O2. The van der Waals surface area contributed by atoms with Gasteiger partial charge in [-0.25, -0.2) is 9.67 Å². The topological polar surface area (TPSA) is 58.0 Å². The molecule has 0 radical (unpaired) electrons. The molecule has 250 valence electrons. The fourth-order valence-electron chi connectivity index (χ4n) is 7.61. The van der Waals surface area contributed by atoms with Crippen LogP contribution in [0.3, 0.4) is 0 Å². The Labute approximate surface area is 296 Å². The summed E-state index contributed by atoms with van der Waals surface area (Å²) in [5.41, 5.74) is 11.7. The van der Waals surface area contributed by atoms with Crippen LogP contribution >= 0.6 is 0 Å². The van der Waals surface area contributed by atoms with Crippen molar-refractivity contribution in [3.8, 4) is 34.3 Å². The number of hydrogen-bond donors (Lipinski definition) is 0. The van der Waals surface area contributed by atoms with Crippen molar-refractivity contribution < 1.29 is 9.15 Å². The Balaban J connectivity index is 1.17. The number of rotatable bonds is 5. The number of aromatic nitrogens is 4. The minimum atomic E-state index is -0.0411. The molecular weight excluding hydrogens is 629 g/mol. The van der Waals surface area contributed by atoms with Gasteiger partial charge in [-0.05, 0) is 104 Å². The molecule has 0 aliphatic heterocycles. The molecule has 0 aliphatic carbocycles. The van der Waals surface area contributed by atoms with E-state index in [1.54, 1.807) is 0 Å². The number of furan rings is 1. The quantitative estimate of drug-likeness (QED) is 0.183. The van der Waals surface area contributed by atoms with Crippen molar-refractivity contribution in [2.45, 2.75) is 47.0 Å². The van der Waals surface area contributed by atoms with E-state index in [2.05, 4.69) is 113 Å². The molecule has 0 amide bonds. The second-order valence-corrected chi connectivity index (χ2v) is 14.6. The molecule has 6 heteroatoms. The summed E-state index contributed by atoms with van der Waals surface area (Å²) >= 11 is 0. The van der Waals surface area contributed by atoms with Gasteiger partial charge < -0.3 is 9.15 Å². The second-order valence-electron chi connectivity index (χ2n) is 14.6. The Morgan fingerprint density at radius 3 is 2.29 bits per heavy atom. The zero-order valence-corrected chi connectivity index (χ0v) is 29.7.